The van der Waals surface area contributed by atoms with E-state index in [0.29, 0.717) is 34.0 Å². The first-order valence-corrected chi connectivity index (χ1v) is 9.23. The van der Waals surface area contributed by atoms with Crippen molar-refractivity contribution in [2.45, 2.75) is 11.3 Å². The van der Waals surface area contributed by atoms with Gasteiger partial charge >= 0.3 is 0 Å². The van der Waals surface area contributed by atoms with E-state index in [1.54, 1.807) is 31.4 Å². The van der Waals surface area contributed by atoms with Gasteiger partial charge in [-0.05, 0) is 18.2 Å². The van der Waals surface area contributed by atoms with Crippen molar-refractivity contribution < 1.29 is 14.3 Å². The number of aromatic nitrogens is 2. The zero-order valence-electron chi connectivity index (χ0n) is 13.9. The molecule has 1 aromatic carbocycles. The molecule has 0 saturated heterocycles. The number of carbonyl (C=O) groups excluding carboxylic acids is 2. The molecule has 2 rings (SSSR count). The minimum absolute atomic E-state index is 0.158. The fourth-order valence-electron chi connectivity index (χ4n) is 1.80. The van der Waals surface area contributed by atoms with Crippen LogP contribution in [0.4, 0.5) is 16.5 Å². The van der Waals surface area contributed by atoms with Crippen LogP contribution in [0, 0.1) is 0 Å². The van der Waals surface area contributed by atoms with Gasteiger partial charge in [-0.25, -0.2) is 0 Å². The highest BCUT2D eigenvalue weighted by molar-refractivity contribution is 8.01. The lowest BCUT2D eigenvalue weighted by Crippen LogP contribution is -2.14. The van der Waals surface area contributed by atoms with Crippen LogP contribution in [0.15, 0.2) is 28.6 Å². The molecule has 2 aromatic rings. The Balaban J connectivity index is 1.80. The minimum atomic E-state index is -0.162. The van der Waals surface area contributed by atoms with Crippen LogP contribution in [0.2, 0.25) is 0 Å². The maximum Gasteiger partial charge on any atom is 0.234 e. The molecule has 1 heterocycles. The van der Waals surface area contributed by atoms with Gasteiger partial charge in [-0.2, -0.15) is 0 Å². The molecule has 0 aliphatic carbocycles. The first kappa shape index (κ1) is 19.2. The monoisotopic (exact) mass is 381 g/mol. The molecule has 10 heteroatoms. The molecule has 134 valence electrons. The van der Waals surface area contributed by atoms with Gasteiger partial charge in [0.05, 0.1) is 12.4 Å². The van der Waals surface area contributed by atoms with Crippen molar-refractivity contribution in [3.05, 3.63) is 24.3 Å². The van der Waals surface area contributed by atoms with Crippen molar-refractivity contribution in [3.8, 4) is 0 Å². The summed E-state index contributed by atoms with van der Waals surface area (Å²) in [6, 6.07) is 6.98. The Hall–Kier alpha value is -2.17. The highest BCUT2D eigenvalue weighted by Crippen LogP contribution is 2.25. The number of ether oxygens (including phenoxy) is 1. The van der Waals surface area contributed by atoms with Gasteiger partial charge in [-0.3, -0.25) is 9.59 Å². The Morgan fingerprint density at radius 1 is 1.24 bits per heavy atom. The molecule has 25 heavy (non-hydrogen) atoms. The summed E-state index contributed by atoms with van der Waals surface area (Å²) in [7, 11) is 1.63. The molecule has 8 nitrogen and oxygen atoms in total. The van der Waals surface area contributed by atoms with Crippen molar-refractivity contribution >= 4 is 51.4 Å². The second kappa shape index (κ2) is 9.97. The van der Waals surface area contributed by atoms with Gasteiger partial charge < -0.3 is 20.7 Å². The van der Waals surface area contributed by atoms with Crippen LogP contribution in [-0.4, -0.2) is 48.0 Å². The Bertz CT molecular complexity index is 723. The normalized spacial score (nSPS) is 10.3. The van der Waals surface area contributed by atoms with Crippen LogP contribution >= 0.6 is 23.1 Å². The lowest BCUT2D eigenvalue weighted by Gasteiger charge is -2.07. The molecule has 0 bridgehead atoms. The Kier molecular flexibility index (Phi) is 7.64. The molecule has 0 radical (unpaired) electrons. The highest BCUT2D eigenvalue weighted by atomic mass is 32.2. The number of amides is 2. The fraction of sp³-hybridized carbons (Fsp3) is 0.333. The van der Waals surface area contributed by atoms with Gasteiger partial charge in [-0.1, -0.05) is 29.2 Å². The standard InChI is InChI=1S/C15H19N5O3S2/c1-10(21)17-11-4-3-5-12(8-11)18-13(22)9-24-15-20-19-14(25-15)16-6-7-23-2/h3-5,8H,6-7,9H2,1-2H3,(H,16,19)(H,17,21)(H,18,22). The van der Waals surface area contributed by atoms with Crippen molar-refractivity contribution in [3.63, 3.8) is 0 Å². The van der Waals surface area contributed by atoms with E-state index in [1.807, 2.05) is 0 Å². The number of methoxy groups -OCH3 is 1. The second-order valence-corrected chi connectivity index (χ2v) is 7.09. The number of benzene rings is 1. The molecule has 0 aliphatic rings. The van der Waals surface area contributed by atoms with E-state index in [2.05, 4.69) is 26.1 Å². The zero-order chi connectivity index (χ0) is 18.1. The van der Waals surface area contributed by atoms with Gasteiger partial charge in [0.15, 0.2) is 4.34 Å². The molecule has 0 unspecified atom stereocenters. The van der Waals surface area contributed by atoms with Gasteiger partial charge in [0.1, 0.15) is 0 Å². The number of rotatable bonds is 9. The van der Waals surface area contributed by atoms with Crippen LogP contribution < -0.4 is 16.0 Å². The van der Waals surface area contributed by atoms with E-state index in [4.69, 9.17) is 4.74 Å². The molecule has 3 N–H and O–H groups in total. The number of carbonyl (C=O) groups is 2. The molecule has 1 aromatic heterocycles. The van der Waals surface area contributed by atoms with Crippen molar-refractivity contribution in [2.24, 2.45) is 0 Å². The SMILES string of the molecule is COCCNc1nnc(SCC(=O)Nc2cccc(NC(C)=O)c2)s1. The summed E-state index contributed by atoms with van der Waals surface area (Å²) >= 11 is 2.70. The first-order chi connectivity index (χ1) is 12.1. The maximum atomic E-state index is 12.0. The summed E-state index contributed by atoms with van der Waals surface area (Å²) in [5.41, 5.74) is 1.25. The third-order valence-corrected chi connectivity index (χ3v) is 4.80. The highest BCUT2D eigenvalue weighted by Gasteiger charge is 2.09. The molecule has 0 aliphatic heterocycles. The topological polar surface area (TPSA) is 105 Å². The average Bonchev–Trinajstić information content (AvgIpc) is 3.01. The van der Waals surface area contributed by atoms with Crippen LogP contribution in [0.3, 0.4) is 0 Å². The zero-order valence-corrected chi connectivity index (χ0v) is 15.5. The number of nitrogens with zero attached hydrogens (tertiary/aromatic N) is 2. The van der Waals surface area contributed by atoms with Crippen molar-refractivity contribution in [1.82, 2.24) is 10.2 Å². The van der Waals surface area contributed by atoms with Crippen LogP contribution in [0.5, 0.6) is 0 Å². The lowest BCUT2D eigenvalue weighted by molar-refractivity contribution is -0.114. The maximum absolute atomic E-state index is 12.0. The fourth-order valence-corrected chi connectivity index (χ4v) is 3.38. The predicted molar refractivity (Wildman–Crippen MR) is 100 cm³/mol. The molecular weight excluding hydrogens is 362 g/mol. The number of hydrogen-bond donors (Lipinski definition) is 3. The smallest absolute Gasteiger partial charge is 0.234 e. The predicted octanol–water partition coefficient (Wildman–Crippen LogP) is 2.29. The quantitative estimate of drug-likeness (QED) is 0.452. The number of nitrogens with one attached hydrogen (secondary N) is 3. The van der Waals surface area contributed by atoms with Crippen molar-refractivity contribution in [2.75, 3.05) is 42.0 Å². The van der Waals surface area contributed by atoms with Gasteiger partial charge in [0, 0.05) is 32.0 Å². The second-order valence-electron chi connectivity index (χ2n) is 4.89. The van der Waals surface area contributed by atoms with E-state index in [9.17, 15) is 9.59 Å². The van der Waals surface area contributed by atoms with Crippen LogP contribution in [0.25, 0.3) is 0 Å². The van der Waals surface area contributed by atoms with Gasteiger partial charge in [0.25, 0.3) is 0 Å². The summed E-state index contributed by atoms with van der Waals surface area (Å²) in [5, 5.41) is 17.3. The minimum Gasteiger partial charge on any atom is -0.383 e. The summed E-state index contributed by atoms with van der Waals surface area (Å²) < 4.78 is 5.66. The van der Waals surface area contributed by atoms with E-state index >= 15 is 0 Å². The summed E-state index contributed by atoms with van der Waals surface area (Å²) in [5.74, 6) is -0.101. The van der Waals surface area contributed by atoms with E-state index in [-0.39, 0.29) is 17.6 Å². The van der Waals surface area contributed by atoms with Crippen molar-refractivity contribution in [1.29, 1.82) is 0 Å². The van der Waals surface area contributed by atoms with E-state index in [1.165, 1.54) is 30.0 Å². The number of thioether (sulfide) groups is 1. The molecule has 0 spiro atoms. The first-order valence-electron chi connectivity index (χ1n) is 7.43. The van der Waals surface area contributed by atoms with E-state index < -0.39 is 0 Å². The Morgan fingerprint density at radius 3 is 2.72 bits per heavy atom. The Labute approximate surface area is 153 Å². The third kappa shape index (κ3) is 7.08. The van der Waals surface area contributed by atoms with Crippen LogP contribution in [0.1, 0.15) is 6.92 Å². The number of anilines is 3. The lowest BCUT2D eigenvalue weighted by atomic mass is 10.2. The van der Waals surface area contributed by atoms with E-state index in [0.717, 1.165) is 0 Å². The largest absolute Gasteiger partial charge is 0.383 e. The molecule has 0 saturated carbocycles. The molecule has 0 fully saturated rings. The Morgan fingerprint density at radius 2 is 2.00 bits per heavy atom. The summed E-state index contributed by atoms with van der Waals surface area (Å²) in [6.45, 7) is 2.67. The van der Waals surface area contributed by atoms with Gasteiger partial charge in [-0.15, -0.1) is 10.2 Å². The van der Waals surface area contributed by atoms with Gasteiger partial charge in [0.2, 0.25) is 16.9 Å². The molecular formula is C15H19N5O3S2. The molecule has 2 amide bonds. The third-order valence-electron chi connectivity index (χ3n) is 2.78. The summed E-state index contributed by atoms with van der Waals surface area (Å²) in [6.07, 6.45) is 0. The molecule has 0 atom stereocenters. The summed E-state index contributed by atoms with van der Waals surface area (Å²) in [4.78, 5) is 23.1. The van der Waals surface area contributed by atoms with Crippen LogP contribution in [-0.2, 0) is 14.3 Å². The number of hydrogen-bond acceptors (Lipinski definition) is 8. The average molecular weight is 381 g/mol.